The van der Waals surface area contributed by atoms with Gasteiger partial charge in [0, 0.05) is 22.0 Å². The molecule has 0 aliphatic carbocycles. The fourth-order valence-electron chi connectivity index (χ4n) is 2.13. The molecule has 1 aromatic heterocycles. The van der Waals surface area contributed by atoms with Gasteiger partial charge in [-0.15, -0.1) is 11.3 Å². The van der Waals surface area contributed by atoms with Crippen LogP contribution in [0.2, 0.25) is 0 Å². The van der Waals surface area contributed by atoms with Crippen molar-refractivity contribution in [2.75, 3.05) is 12.4 Å². The summed E-state index contributed by atoms with van der Waals surface area (Å²) in [4.78, 5) is 2.85. The summed E-state index contributed by atoms with van der Waals surface area (Å²) in [6.07, 6.45) is 0. The van der Waals surface area contributed by atoms with Gasteiger partial charge >= 0.3 is 0 Å². The molecule has 2 N–H and O–H groups in total. The summed E-state index contributed by atoms with van der Waals surface area (Å²) < 4.78 is 26.1. The van der Waals surface area contributed by atoms with Crippen LogP contribution < -0.4 is 10.0 Å². The van der Waals surface area contributed by atoms with E-state index in [1.807, 2.05) is 13.0 Å². The highest BCUT2D eigenvalue weighted by atomic mass is 32.2. The molecule has 0 fully saturated rings. The second-order valence-corrected chi connectivity index (χ2v) is 8.32. The highest BCUT2D eigenvalue weighted by Gasteiger charge is 2.13. The first-order valence-electron chi connectivity index (χ1n) is 6.67. The van der Waals surface area contributed by atoms with Crippen LogP contribution in [-0.4, -0.2) is 15.5 Å². The quantitative estimate of drug-likeness (QED) is 0.888. The van der Waals surface area contributed by atoms with E-state index in [4.69, 9.17) is 0 Å². The molecule has 0 aliphatic heterocycles. The zero-order chi connectivity index (χ0) is 15.6. The molecule has 0 radical (unpaired) electrons. The van der Waals surface area contributed by atoms with Crippen LogP contribution >= 0.6 is 11.3 Å². The second kappa shape index (κ2) is 6.17. The fraction of sp³-hybridized carbons (Fsp3) is 0.333. The average Bonchev–Trinajstić information content (AvgIpc) is 2.76. The third-order valence-electron chi connectivity index (χ3n) is 3.40. The van der Waals surface area contributed by atoms with E-state index in [1.165, 1.54) is 22.4 Å². The first-order valence-corrected chi connectivity index (χ1v) is 8.97. The third kappa shape index (κ3) is 3.64. The van der Waals surface area contributed by atoms with Crippen LogP contribution in [0, 0.1) is 20.8 Å². The lowest BCUT2D eigenvalue weighted by Gasteiger charge is -2.11. The minimum absolute atomic E-state index is 0.274. The lowest BCUT2D eigenvalue weighted by Crippen LogP contribution is -2.18. The number of sulfonamides is 1. The smallest absolute Gasteiger partial charge is 0.240 e. The molecular formula is C15H20N2O2S2. The van der Waals surface area contributed by atoms with Gasteiger partial charge < -0.3 is 5.32 Å². The summed E-state index contributed by atoms with van der Waals surface area (Å²) in [7, 11) is -2.00. The number of benzene rings is 1. The van der Waals surface area contributed by atoms with Crippen molar-refractivity contribution in [3.05, 3.63) is 45.1 Å². The number of hydrogen-bond donors (Lipinski definition) is 2. The summed E-state index contributed by atoms with van der Waals surface area (Å²) in [5.74, 6) is 0. The van der Waals surface area contributed by atoms with E-state index in [-0.39, 0.29) is 4.90 Å². The maximum atomic E-state index is 11.9. The Morgan fingerprint density at radius 2 is 1.86 bits per heavy atom. The Bertz CT molecular complexity index is 749. The molecule has 1 aromatic carbocycles. The molecule has 4 nitrogen and oxygen atoms in total. The number of hydrogen-bond acceptors (Lipinski definition) is 4. The third-order valence-corrected chi connectivity index (χ3v) is 5.82. The number of thiophene rings is 1. The van der Waals surface area contributed by atoms with Gasteiger partial charge in [0.1, 0.15) is 0 Å². The topological polar surface area (TPSA) is 58.2 Å². The molecule has 0 amide bonds. The Hall–Kier alpha value is -1.37. The van der Waals surface area contributed by atoms with E-state index < -0.39 is 10.0 Å². The molecule has 0 spiro atoms. The molecule has 2 aromatic rings. The van der Waals surface area contributed by atoms with E-state index in [0.717, 1.165) is 11.3 Å². The minimum atomic E-state index is -3.41. The summed E-state index contributed by atoms with van der Waals surface area (Å²) in [5, 5.41) is 3.33. The van der Waals surface area contributed by atoms with E-state index >= 15 is 0 Å². The molecule has 0 bridgehead atoms. The first-order chi connectivity index (χ1) is 9.83. The normalized spacial score (nSPS) is 11.6. The average molecular weight is 324 g/mol. The highest BCUT2D eigenvalue weighted by molar-refractivity contribution is 7.89. The standard InChI is InChI=1S/C15H20N2O2S2/c1-10-5-6-14(21(18,19)16-4)8-15(10)17-9-13-7-11(2)20-12(13)3/h5-8,16-17H,9H2,1-4H3. The van der Waals surface area contributed by atoms with Crippen LogP contribution in [0.15, 0.2) is 29.2 Å². The van der Waals surface area contributed by atoms with Gasteiger partial charge in [-0.1, -0.05) is 6.07 Å². The van der Waals surface area contributed by atoms with E-state index in [2.05, 4.69) is 30.0 Å². The van der Waals surface area contributed by atoms with Crippen LogP contribution in [0.3, 0.4) is 0 Å². The van der Waals surface area contributed by atoms with E-state index in [0.29, 0.717) is 6.54 Å². The van der Waals surface area contributed by atoms with Crippen molar-refractivity contribution in [2.45, 2.75) is 32.2 Å². The van der Waals surface area contributed by atoms with Crippen molar-refractivity contribution < 1.29 is 8.42 Å². The molecule has 0 atom stereocenters. The molecule has 114 valence electrons. The van der Waals surface area contributed by atoms with E-state index in [9.17, 15) is 8.42 Å². The highest BCUT2D eigenvalue weighted by Crippen LogP contribution is 2.24. The van der Waals surface area contributed by atoms with Crippen LogP contribution in [0.25, 0.3) is 0 Å². The van der Waals surface area contributed by atoms with Crippen molar-refractivity contribution >= 4 is 27.0 Å². The lowest BCUT2D eigenvalue weighted by molar-refractivity contribution is 0.588. The molecule has 0 unspecified atom stereocenters. The van der Waals surface area contributed by atoms with Gasteiger partial charge in [0.05, 0.1) is 4.90 Å². The lowest BCUT2D eigenvalue weighted by atomic mass is 10.2. The zero-order valence-corrected chi connectivity index (χ0v) is 14.3. The molecule has 1 heterocycles. The molecule has 21 heavy (non-hydrogen) atoms. The van der Waals surface area contributed by atoms with Crippen molar-refractivity contribution in [2.24, 2.45) is 0 Å². The maximum Gasteiger partial charge on any atom is 0.240 e. The zero-order valence-electron chi connectivity index (χ0n) is 12.6. The molecule has 0 saturated heterocycles. The Balaban J connectivity index is 2.24. The van der Waals surface area contributed by atoms with Crippen molar-refractivity contribution in [1.29, 1.82) is 0 Å². The van der Waals surface area contributed by atoms with Gasteiger partial charge in [0.25, 0.3) is 0 Å². The predicted octanol–water partition coefficient (Wildman–Crippen LogP) is 3.19. The second-order valence-electron chi connectivity index (χ2n) is 4.98. The molecular weight excluding hydrogens is 304 g/mol. The molecule has 2 rings (SSSR count). The van der Waals surface area contributed by atoms with Crippen molar-refractivity contribution in [1.82, 2.24) is 4.72 Å². The summed E-state index contributed by atoms with van der Waals surface area (Å²) in [6, 6.07) is 7.27. The summed E-state index contributed by atoms with van der Waals surface area (Å²) >= 11 is 1.77. The van der Waals surface area contributed by atoms with Crippen LogP contribution in [0.5, 0.6) is 0 Å². The Morgan fingerprint density at radius 3 is 2.43 bits per heavy atom. The van der Waals surface area contributed by atoms with Gasteiger partial charge in [-0.3, -0.25) is 0 Å². The van der Waals surface area contributed by atoms with Crippen LogP contribution in [0.1, 0.15) is 20.9 Å². The Kier molecular flexibility index (Phi) is 4.70. The molecule has 0 saturated carbocycles. The number of nitrogens with one attached hydrogen (secondary N) is 2. The SMILES string of the molecule is CNS(=O)(=O)c1ccc(C)c(NCc2cc(C)sc2C)c1. The van der Waals surface area contributed by atoms with Gasteiger partial charge in [-0.05, 0) is 57.1 Å². The summed E-state index contributed by atoms with van der Waals surface area (Å²) in [6.45, 7) is 6.85. The number of anilines is 1. The Labute approximate surface area is 130 Å². The maximum absolute atomic E-state index is 11.9. The van der Waals surface area contributed by atoms with E-state index in [1.54, 1.807) is 23.5 Å². The minimum Gasteiger partial charge on any atom is -0.381 e. The Morgan fingerprint density at radius 1 is 1.14 bits per heavy atom. The van der Waals surface area contributed by atoms with Crippen LogP contribution in [-0.2, 0) is 16.6 Å². The van der Waals surface area contributed by atoms with Crippen molar-refractivity contribution in [3.63, 3.8) is 0 Å². The van der Waals surface area contributed by atoms with Gasteiger partial charge in [0.2, 0.25) is 10.0 Å². The monoisotopic (exact) mass is 324 g/mol. The van der Waals surface area contributed by atoms with Crippen molar-refractivity contribution in [3.8, 4) is 0 Å². The summed E-state index contributed by atoms with van der Waals surface area (Å²) in [5.41, 5.74) is 3.11. The molecule has 0 aliphatic rings. The van der Waals surface area contributed by atoms with Gasteiger partial charge in [0.15, 0.2) is 0 Å². The largest absolute Gasteiger partial charge is 0.381 e. The predicted molar refractivity (Wildman–Crippen MR) is 88.5 cm³/mol. The first kappa shape index (κ1) is 16.0. The van der Waals surface area contributed by atoms with Gasteiger partial charge in [-0.25, -0.2) is 13.1 Å². The molecule has 6 heteroatoms. The number of aryl methyl sites for hydroxylation is 3. The number of rotatable bonds is 5. The van der Waals surface area contributed by atoms with Gasteiger partial charge in [-0.2, -0.15) is 0 Å². The fourth-order valence-corrected chi connectivity index (χ4v) is 3.83. The van der Waals surface area contributed by atoms with Crippen LogP contribution in [0.4, 0.5) is 5.69 Å².